The van der Waals surface area contributed by atoms with E-state index in [-0.39, 0.29) is 0 Å². The molecule has 0 aliphatic carbocycles. The summed E-state index contributed by atoms with van der Waals surface area (Å²) in [4.78, 5) is 11.6. The van der Waals surface area contributed by atoms with Crippen LogP contribution in [0.5, 0.6) is 11.5 Å². The van der Waals surface area contributed by atoms with Gasteiger partial charge in [-0.1, -0.05) is 60.7 Å². The Morgan fingerprint density at radius 3 is 1.88 bits per heavy atom. The summed E-state index contributed by atoms with van der Waals surface area (Å²) in [5, 5.41) is -0.558. The Bertz CT molecular complexity index is 832. The molecule has 0 aromatic heterocycles. The van der Waals surface area contributed by atoms with Crippen LogP contribution in [-0.2, 0) is 13.2 Å². The maximum atomic E-state index is 11.6. The molecule has 0 bridgehead atoms. The lowest BCUT2D eigenvalue weighted by molar-refractivity contribution is 0.107. The van der Waals surface area contributed by atoms with Crippen LogP contribution in [0.15, 0.2) is 78.9 Å². The standard InChI is InChI=1S/C21H17ClO3/c22-21(23)19-12-11-18(24-14-16-7-3-1-4-8-16)13-20(19)25-15-17-9-5-2-6-10-17/h1-13H,14-15H2. The molecule has 3 aromatic carbocycles. The monoisotopic (exact) mass is 352 g/mol. The fraction of sp³-hybridized carbons (Fsp3) is 0.0952. The molecule has 0 fully saturated rings. The van der Waals surface area contributed by atoms with Crippen molar-refractivity contribution in [1.82, 2.24) is 0 Å². The minimum absolute atomic E-state index is 0.324. The van der Waals surface area contributed by atoms with Crippen molar-refractivity contribution in [3.8, 4) is 11.5 Å². The van der Waals surface area contributed by atoms with E-state index < -0.39 is 5.24 Å². The molecule has 0 N–H and O–H groups in total. The zero-order valence-electron chi connectivity index (χ0n) is 13.5. The van der Waals surface area contributed by atoms with Gasteiger partial charge in [0.25, 0.3) is 5.24 Å². The Balaban J connectivity index is 1.73. The van der Waals surface area contributed by atoms with Crippen LogP contribution < -0.4 is 9.47 Å². The van der Waals surface area contributed by atoms with Gasteiger partial charge in [0.1, 0.15) is 24.7 Å². The molecule has 0 heterocycles. The fourth-order valence-electron chi connectivity index (χ4n) is 2.35. The molecule has 0 aliphatic rings. The van der Waals surface area contributed by atoms with E-state index >= 15 is 0 Å². The average molecular weight is 353 g/mol. The molecule has 3 rings (SSSR count). The number of carbonyl (C=O) groups is 1. The molecule has 25 heavy (non-hydrogen) atoms. The van der Waals surface area contributed by atoms with E-state index in [0.29, 0.717) is 30.3 Å². The zero-order valence-corrected chi connectivity index (χ0v) is 14.3. The van der Waals surface area contributed by atoms with E-state index in [1.165, 1.54) is 0 Å². The van der Waals surface area contributed by atoms with E-state index in [0.717, 1.165) is 11.1 Å². The van der Waals surface area contributed by atoms with Gasteiger partial charge < -0.3 is 9.47 Å². The van der Waals surface area contributed by atoms with Gasteiger partial charge in [-0.3, -0.25) is 4.79 Å². The lowest BCUT2D eigenvalue weighted by Gasteiger charge is -2.12. The van der Waals surface area contributed by atoms with Crippen LogP contribution >= 0.6 is 11.6 Å². The van der Waals surface area contributed by atoms with Crippen LogP contribution in [0.2, 0.25) is 0 Å². The topological polar surface area (TPSA) is 35.5 Å². The number of hydrogen-bond donors (Lipinski definition) is 0. The number of hydrogen-bond acceptors (Lipinski definition) is 3. The first-order valence-electron chi connectivity index (χ1n) is 7.90. The smallest absolute Gasteiger partial charge is 0.256 e. The van der Waals surface area contributed by atoms with Crippen LogP contribution in [0.4, 0.5) is 0 Å². The summed E-state index contributed by atoms with van der Waals surface area (Å²) in [6, 6.07) is 24.6. The maximum absolute atomic E-state index is 11.6. The third kappa shape index (κ3) is 4.85. The SMILES string of the molecule is O=C(Cl)c1ccc(OCc2ccccc2)cc1OCc1ccccc1. The molecule has 3 nitrogen and oxygen atoms in total. The Labute approximate surface area is 151 Å². The summed E-state index contributed by atoms with van der Waals surface area (Å²) in [6.45, 7) is 0.785. The molecule has 0 saturated heterocycles. The first-order valence-corrected chi connectivity index (χ1v) is 8.27. The summed E-state index contributed by atoms with van der Waals surface area (Å²) in [7, 11) is 0. The van der Waals surface area contributed by atoms with Crippen molar-refractivity contribution in [3.63, 3.8) is 0 Å². The second kappa shape index (κ2) is 8.36. The molecule has 4 heteroatoms. The minimum Gasteiger partial charge on any atom is -0.489 e. The highest BCUT2D eigenvalue weighted by Crippen LogP contribution is 2.27. The van der Waals surface area contributed by atoms with E-state index in [2.05, 4.69) is 0 Å². The van der Waals surface area contributed by atoms with E-state index in [4.69, 9.17) is 21.1 Å². The molecule has 0 spiro atoms. The largest absolute Gasteiger partial charge is 0.489 e. The molecular weight excluding hydrogens is 336 g/mol. The van der Waals surface area contributed by atoms with Gasteiger partial charge in [-0.05, 0) is 34.9 Å². The van der Waals surface area contributed by atoms with Crippen molar-refractivity contribution in [1.29, 1.82) is 0 Å². The zero-order chi connectivity index (χ0) is 17.5. The van der Waals surface area contributed by atoms with Gasteiger partial charge in [-0.15, -0.1) is 0 Å². The summed E-state index contributed by atoms with van der Waals surface area (Å²) in [5.74, 6) is 1.03. The Morgan fingerprint density at radius 2 is 1.32 bits per heavy atom. The van der Waals surface area contributed by atoms with Crippen molar-refractivity contribution in [2.24, 2.45) is 0 Å². The highest BCUT2D eigenvalue weighted by molar-refractivity contribution is 6.68. The summed E-state index contributed by atoms with van der Waals surface area (Å²) < 4.78 is 11.6. The third-order valence-corrected chi connectivity index (χ3v) is 3.85. The second-order valence-electron chi connectivity index (χ2n) is 5.48. The quantitative estimate of drug-likeness (QED) is 0.546. The van der Waals surface area contributed by atoms with Gasteiger partial charge in [0.15, 0.2) is 0 Å². The molecule has 0 aliphatic heterocycles. The molecule has 0 radical (unpaired) electrons. The second-order valence-corrected chi connectivity index (χ2v) is 5.82. The van der Waals surface area contributed by atoms with Gasteiger partial charge >= 0.3 is 0 Å². The number of rotatable bonds is 7. The molecule has 0 amide bonds. The van der Waals surface area contributed by atoms with Gasteiger partial charge in [0.05, 0.1) is 5.56 Å². The fourth-order valence-corrected chi connectivity index (χ4v) is 2.51. The lowest BCUT2D eigenvalue weighted by atomic mass is 10.2. The average Bonchev–Trinajstić information content (AvgIpc) is 2.66. The normalized spacial score (nSPS) is 10.3. The first kappa shape index (κ1) is 17.1. The van der Waals surface area contributed by atoms with Crippen molar-refractivity contribution in [2.45, 2.75) is 13.2 Å². The van der Waals surface area contributed by atoms with Crippen molar-refractivity contribution in [2.75, 3.05) is 0 Å². The van der Waals surface area contributed by atoms with Crippen molar-refractivity contribution < 1.29 is 14.3 Å². The number of carbonyl (C=O) groups excluding carboxylic acids is 1. The van der Waals surface area contributed by atoms with Gasteiger partial charge in [-0.25, -0.2) is 0 Å². The highest BCUT2D eigenvalue weighted by Gasteiger charge is 2.12. The third-order valence-electron chi connectivity index (χ3n) is 3.65. The van der Waals surface area contributed by atoms with Crippen molar-refractivity contribution in [3.05, 3.63) is 95.6 Å². The Hall–Kier alpha value is -2.78. The maximum Gasteiger partial charge on any atom is 0.256 e. The molecule has 0 unspecified atom stereocenters. The number of benzene rings is 3. The Kier molecular flexibility index (Phi) is 5.70. The Morgan fingerprint density at radius 1 is 0.760 bits per heavy atom. The van der Waals surface area contributed by atoms with Crippen LogP contribution in [0.1, 0.15) is 21.5 Å². The predicted molar refractivity (Wildman–Crippen MR) is 98.2 cm³/mol. The predicted octanol–water partition coefficient (Wildman–Crippen LogP) is 5.22. The van der Waals surface area contributed by atoms with Crippen LogP contribution in [-0.4, -0.2) is 5.24 Å². The molecular formula is C21H17ClO3. The van der Waals surface area contributed by atoms with Crippen molar-refractivity contribution >= 4 is 16.8 Å². The minimum atomic E-state index is -0.558. The molecule has 126 valence electrons. The summed E-state index contributed by atoms with van der Waals surface area (Å²) >= 11 is 5.66. The van der Waals surface area contributed by atoms with E-state index in [1.54, 1.807) is 18.2 Å². The molecule has 3 aromatic rings. The van der Waals surface area contributed by atoms with Gasteiger partial charge in [-0.2, -0.15) is 0 Å². The van der Waals surface area contributed by atoms with Crippen LogP contribution in [0, 0.1) is 0 Å². The summed E-state index contributed by atoms with van der Waals surface area (Å²) in [5.41, 5.74) is 2.39. The van der Waals surface area contributed by atoms with Gasteiger partial charge in [0, 0.05) is 6.07 Å². The molecule has 0 atom stereocenters. The number of ether oxygens (including phenoxy) is 2. The highest BCUT2D eigenvalue weighted by atomic mass is 35.5. The van der Waals surface area contributed by atoms with E-state index in [1.807, 2.05) is 60.7 Å². The van der Waals surface area contributed by atoms with Gasteiger partial charge in [0.2, 0.25) is 0 Å². The number of halogens is 1. The first-order chi connectivity index (χ1) is 12.2. The van der Waals surface area contributed by atoms with Crippen LogP contribution in [0.3, 0.4) is 0 Å². The van der Waals surface area contributed by atoms with Crippen LogP contribution in [0.25, 0.3) is 0 Å². The molecule has 0 saturated carbocycles. The lowest BCUT2D eigenvalue weighted by Crippen LogP contribution is -2.02. The van der Waals surface area contributed by atoms with E-state index in [9.17, 15) is 4.79 Å². The summed E-state index contributed by atoms with van der Waals surface area (Å²) in [6.07, 6.45) is 0.